The van der Waals surface area contributed by atoms with E-state index in [4.69, 9.17) is 0 Å². The fourth-order valence-corrected chi connectivity index (χ4v) is 1.13. The monoisotopic (exact) mass is 279 g/mol. The molecule has 1 aromatic heterocycles. The predicted octanol–water partition coefficient (Wildman–Crippen LogP) is 1.57. The molecular formula is C11H19Cl2N3O. The highest BCUT2D eigenvalue weighted by molar-refractivity contribution is 5.94. The van der Waals surface area contributed by atoms with Gasteiger partial charge in [0, 0.05) is 25.0 Å². The zero-order chi connectivity index (χ0) is 11.3. The lowest BCUT2D eigenvalue weighted by molar-refractivity contribution is 0.0950. The zero-order valence-corrected chi connectivity index (χ0v) is 11.8. The Hall–Kier alpha value is -0.840. The average Bonchev–Trinajstić information content (AvgIpc) is 2.25. The number of rotatable bonds is 4. The highest BCUT2D eigenvalue weighted by Gasteiger charge is 2.06. The van der Waals surface area contributed by atoms with Crippen molar-refractivity contribution in [2.45, 2.75) is 19.9 Å². The summed E-state index contributed by atoms with van der Waals surface area (Å²) in [5, 5.41) is 5.89. The second-order valence-corrected chi connectivity index (χ2v) is 3.65. The molecule has 0 fully saturated rings. The molecule has 0 saturated heterocycles. The van der Waals surface area contributed by atoms with E-state index in [1.54, 1.807) is 12.4 Å². The quantitative estimate of drug-likeness (QED) is 0.880. The first-order valence-electron chi connectivity index (χ1n) is 5.00. The van der Waals surface area contributed by atoms with Crippen LogP contribution in [-0.4, -0.2) is 30.5 Å². The first-order chi connectivity index (χ1) is 7.13. The highest BCUT2D eigenvalue weighted by atomic mass is 35.5. The van der Waals surface area contributed by atoms with Gasteiger partial charge >= 0.3 is 0 Å². The Morgan fingerprint density at radius 2 is 2.06 bits per heavy atom. The second-order valence-electron chi connectivity index (χ2n) is 3.65. The summed E-state index contributed by atoms with van der Waals surface area (Å²) < 4.78 is 0. The molecule has 0 radical (unpaired) electrons. The summed E-state index contributed by atoms with van der Waals surface area (Å²) in [7, 11) is 1.87. The summed E-state index contributed by atoms with van der Waals surface area (Å²) in [6.45, 7) is 4.54. The summed E-state index contributed by atoms with van der Waals surface area (Å²) in [5.74, 6) is -0.0756. The summed E-state index contributed by atoms with van der Waals surface area (Å²) >= 11 is 0. The Bertz CT molecular complexity index is 347. The van der Waals surface area contributed by atoms with Crippen molar-refractivity contribution in [1.82, 2.24) is 15.6 Å². The van der Waals surface area contributed by atoms with E-state index in [0.717, 1.165) is 5.56 Å². The molecular weight excluding hydrogens is 261 g/mol. The lowest BCUT2D eigenvalue weighted by Gasteiger charge is -2.11. The molecule has 0 aliphatic heterocycles. The number of carbonyl (C=O) groups is 1. The Morgan fingerprint density at radius 3 is 2.59 bits per heavy atom. The van der Waals surface area contributed by atoms with E-state index in [-0.39, 0.29) is 36.8 Å². The fourth-order valence-electron chi connectivity index (χ4n) is 1.13. The number of likely N-dealkylation sites (N-methyl/N-ethyl adjacent to an activating group) is 1. The number of amides is 1. The lowest BCUT2D eigenvalue weighted by atomic mass is 10.2. The molecule has 1 rings (SSSR count). The number of nitrogens with one attached hydrogen (secondary N) is 2. The van der Waals surface area contributed by atoms with Crippen LogP contribution in [0.1, 0.15) is 22.8 Å². The van der Waals surface area contributed by atoms with Crippen molar-refractivity contribution in [3.05, 3.63) is 29.6 Å². The molecule has 0 saturated carbocycles. The van der Waals surface area contributed by atoms with E-state index < -0.39 is 0 Å². The van der Waals surface area contributed by atoms with Crippen LogP contribution in [0.3, 0.4) is 0 Å². The van der Waals surface area contributed by atoms with Gasteiger partial charge in [0.1, 0.15) is 0 Å². The minimum Gasteiger partial charge on any atom is -0.350 e. The maximum atomic E-state index is 11.6. The Kier molecular flexibility index (Phi) is 10.0. The third-order valence-corrected chi connectivity index (χ3v) is 2.20. The molecule has 0 spiro atoms. The van der Waals surface area contributed by atoms with Gasteiger partial charge in [-0.2, -0.15) is 0 Å². The molecule has 1 heterocycles. The van der Waals surface area contributed by atoms with Crippen molar-refractivity contribution in [2.24, 2.45) is 0 Å². The number of hydrogen-bond donors (Lipinski definition) is 2. The van der Waals surface area contributed by atoms with E-state index in [1.807, 2.05) is 27.0 Å². The number of halogens is 2. The third kappa shape index (κ3) is 6.46. The molecule has 17 heavy (non-hydrogen) atoms. The van der Waals surface area contributed by atoms with Gasteiger partial charge in [0.25, 0.3) is 5.91 Å². The summed E-state index contributed by atoms with van der Waals surface area (Å²) in [4.78, 5) is 15.6. The van der Waals surface area contributed by atoms with Crippen molar-refractivity contribution in [2.75, 3.05) is 13.6 Å². The van der Waals surface area contributed by atoms with Crippen molar-refractivity contribution in [1.29, 1.82) is 0 Å². The topological polar surface area (TPSA) is 54.0 Å². The van der Waals surface area contributed by atoms with Crippen LogP contribution in [0.4, 0.5) is 0 Å². The number of aromatic nitrogens is 1. The molecule has 1 amide bonds. The first kappa shape index (κ1) is 18.5. The molecule has 4 nitrogen and oxygen atoms in total. The average molecular weight is 280 g/mol. The molecule has 0 aromatic carbocycles. The Balaban J connectivity index is 0. The predicted molar refractivity (Wildman–Crippen MR) is 74.3 cm³/mol. The lowest BCUT2D eigenvalue weighted by Crippen LogP contribution is -2.37. The molecule has 1 unspecified atom stereocenters. The van der Waals surface area contributed by atoms with Gasteiger partial charge in [0.05, 0.1) is 5.56 Å². The van der Waals surface area contributed by atoms with Crippen LogP contribution in [0.5, 0.6) is 0 Å². The molecule has 98 valence electrons. The normalized spacial score (nSPS) is 10.8. The molecule has 0 bridgehead atoms. The van der Waals surface area contributed by atoms with Crippen molar-refractivity contribution in [3.63, 3.8) is 0 Å². The number of aryl methyl sites for hydroxylation is 1. The van der Waals surface area contributed by atoms with E-state index in [9.17, 15) is 4.79 Å². The third-order valence-electron chi connectivity index (χ3n) is 2.20. The largest absolute Gasteiger partial charge is 0.350 e. The van der Waals surface area contributed by atoms with Crippen LogP contribution in [-0.2, 0) is 0 Å². The standard InChI is InChI=1S/C11H17N3O.2ClH/c1-8-4-10(7-13-5-8)11(15)14-6-9(2)12-3;;/h4-5,7,9,12H,6H2,1-3H3,(H,14,15);2*1H. The number of carbonyl (C=O) groups excluding carboxylic acids is 1. The van der Waals surface area contributed by atoms with Gasteiger partial charge in [0.2, 0.25) is 0 Å². The minimum absolute atomic E-state index is 0. The summed E-state index contributed by atoms with van der Waals surface area (Å²) in [6, 6.07) is 2.10. The van der Waals surface area contributed by atoms with E-state index in [0.29, 0.717) is 12.1 Å². The van der Waals surface area contributed by atoms with Gasteiger partial charge < -0.3 is 10.6 Å². The number of pyridine rings is 1. The molecule has 1 atom stereocenters. The van der Waals surface area contributed by atoms with E-state index in [2.05, 4.69) is 15.6 Å². The van der Waals surface area contributed by atoms with E-state index in [1.165, 1.54) is 0 Å². The van der Waals surface area contributed by atoms with Crippen LogP contribution in [0, 0.1) is 6.92 Å². The van der Waals surface area contributed by atoms with Crippen LogP contribution < -0.4 is 10.6 Å². The van der Waals surface area contributed by atoms with Crippen molar-refractivity contribution < 1.29 is 4.79 Å². The zero-order valence-electron chi connectivity index (χ0n) is 10.2. The Labute approximate surface area is 114 Å². The molecule has 6 heteroatoms. The summed E-state index contributed by atoms with van der Waals surface area (Å²) in [5.41, 5.74) is 1.60. The Morgan fingerprint density at radius 1 is 1.41 bits per heavy atom. The second kappa shape index (κ2) is 9.22. The van der Waals surface area contributed by atoms with Gasteiger partial charge in [-0.05, 0) is 32.5 Å². The fraction of sp³-hybridized carbons (Fsp3) is 0.455. The van der Waals surface area contributed by atoms with Gasteiger partial charge in [0.15, 0.2) is 0 Å². The minimum atomic E-state index is -0.0756. The van der Waals surface area contributed by atoms with Gasteiger partial charge in [-0.25, -0.2) is 0 Å². The maximum absolute atomic E-state index is 11.6. The molecule has 2 N–H and O–H groups in total. The molecule has 1 aromatic rings. The SMILES string of the molecule is CNC(C)CNC(=O)c1cncc(C)c1.Cl.Cl. The van der Waals surface area contributed by atoms with Crippen molar-refractivity contribution in [3.8, 4) is 0 Å². The summed E-state index contributed by atoms with van der Waals surface area (Å²) in [6.07, 6.45) is 3.30. The van der Waals surface area contributed by atoms with Gasteiger partial charge in [-0.15, -0.1) is 24.8 Å². The van der Waals surface area contributed by atoms with Crippen LogP contribution in [0.25, 0.3) is 0 Å². The van der Waals surface area contributed by atoms with E-state index >= 15 is 0 Å². The van der Waals surface area contributed by atoms with Crippen LogP contribution in [0.15, 0.2) is 18.5 Å². The smallest absolute Gasteiger partial charge is 0.252 e. The van der Waals surface area contributed by atoms with Crippen LogP contribution in [0.2, 0.25) is 0 Å². The maximum Gasteiger partial charge on any atom is 0.252 e. The van der Waals surface area contributed by atoms with Gasteiger partial charge in [-0.1, -0.05) is 0 Å². The number of nitrogens with zero attached hydrogens (tertiary/aromatic N) is 1. The molecule has 0 aliphatic rings. The number of hydrogen-bond acceptors (Lipinski definition) is 3. The van der Waals surface area contributed by atoms with Crippen LogP contribution >= 0.6 is 24.8 Å². The highest BCUT2D eigenvalue weighted by Crippen LogP contribution is 2.00. The molecule has 0 aliphatic carbocycles. The van der Waals surface area contributed by atoms with Gasteiger partial charge in [-0.3, -0.25) is 9.78 Å². The first-order valence-corrected chi connectivity index (χ1v) is 5.00. The van der Waals surface area contributed by atoms with Crippen molar-refractivity contribution >= 4 is 30.7 Å².